The molecule has 1 heterocycles. The molecule has 0 aliphatic carbocycles. The summed E-state index contributed by atoms with van der Waals surface area (Å²) < 4.78 is 4.90. The molecule has 1 aliphatic rings. The molecule has 0 radical (unpaired) electrons. The second-order valence-corrected chi connectivity index (χ2v) is 4.01. The van der Waals surface area contributed by atoms with Crippen molar-refractivity contribution in [1.29, 1.82) is 0 Å². The molecule has 1 amide bonds. The summed E-state index contributed by atoms with van der Waals surface area (Å²) in [5.74, 6) is 0. The van der Waals surface area contributed by atoms with E-state index in [1.54, 1.807) is 4.90 Å². The van der Waals surface area contributed by atoms with E-state index in [0.717, 1.165) is 0 Å². The van der Waals surface area contributed by atoms with Crippen molar-refractivity contribution in [1.82, 2.24) is 4.90 Å². The second kappa shape index (κ2) is 2.94. The van der Waals surface area contributed by atoms with E-state index < -0.39 is 0 Å². The predicted molar refractivity (Wildman–Crippen MR) is 45.8 cm³/mol. The van der Waals surface area contributed by atoms with Crippen LogP contribution >= 0.6 is 0 Å². The molecule has 0 aromatic carbocycles. The van der Waals surface area contributed by atoms with E-state index in [9.17, 15) is 4.79 Å². The number of cyclic esters (lactones) is 1. The molecule has 1 aliphatic heterocycles. The molecule has 2 N–H and O–H groups in total. The SMILES string of the molecule is CC(C)(C)N1C(=O)OCC1CN. The Morgan fingerprint density at radius 1 is 1.67 bits per heavy atom. The fraction of sp³-hybridized carbons (Fsp3) is 0.875. The van der Waals surface area contributed by atoms with Crippen LogP contribution in [0, 0.1) is 0 Å². The minimum absolute atomic E-state index is 0.0394. The lowest BCUT2D eigenvalue weighted by Crippen LogP contribution is -2.49. The lowest BCUT2D eigenvalue weighted by atomic mass is 10.0. The van der Waals surface area contributed by atoms with Crippen LogP contribution in [0.15, 0.2) is 0 Å². The van der Waals surface area contributed by atoms with Gasteiger partial charge in [-0.3, -0.25) is 4.90 Å². The van der Waals surface area contributed by atoms with Crippen LogP contribution in [-0.2, 0) is 4.74 Å². The Morgan fingerprint density at radius 3 is 2.58 bits per heavy atom. The molecule has 4 heteroatoms. The summed E-state index contributed by atoms with van der Waals surface area (Å²) in [4.78, 5) is 12.9. The van der Waals surface area contributed by atoms with Crippen LogP contribution in [0.4, 0.5) is 4.79 Å². The number of rotatable bonds is 1. The lowest BCUT2D eigenvalue weighted by Gasteiger charge is -2.33. The van der Waals surface area contributed by atoms with Gasteiger partial charge in [0.05, 0.1) is 6.04 Å². The Labute approximate surface area is 72.7 Å². The van der Waals surface area contributed by atoms with Crippen LogP contribution in [0.2, 0.25) is 0 Å². The fourth-order valence-corrected chi connectivity index (χ4v) is 1.46. The van der Waals surface area contributed by atoms with Gasteiger partial charge in [0.25, 0.3) is 0 Å². The predicted octanol–water partition coefficient (Wildman–Crippen LogP) is 0.564. The molecule has 1 unspecified atom stereocenters. The van der Waals surface area contributed by atoms with Gasteiger partial charge in [0.1, 0.15) is 6.61 Å². The van der Waals surface area contributed by atoms with Crippen LogP contribution in [-0.4, -0.2) is 35.7 Å². The summed E-state index contributed by atoms with van der Waals surface area (Å²) in [6.07, 6.45) is -0.252. The summed E-state index contributed by atoms with van der Waals surface area (Å²) in [5, 5.41) is 0. The van der Waals surface area contributed by atoms with Gasteiger partial charge >= 0.3 is 6.09 Å². The normalized spacial score (nSPS) is 24.5. The lowest BCUT2D eigenvalue weighted by molar-refractivity contribution is 0.123. The Balaban J connectivity index is 2.77. The van der Waals surface area contributed by atoms with Gasteiger partial charge in [0, 0.05) is 12.1 Å². The van der Waals surface area contributed by atoms with E-state index >= 15 is 0 Å². The first kappa shape index (κ1) is 9.32. The smallest absolute Gasteiger partial charge is 0.410 e. The van der Waals surface area contributed by atoms with Gasteiger partial charge in [-0.2, -0.15) is 0 Å². The number of amides is 1. The van der Waals surface area contributed by atoms with Crippen LogP contribution in [0.25, 0.3) is 0 Å². The molecule has 4 nitrogen and oxygen atoms in total. The van der Waals surface area contributed by atoms with Crippen molar-refractivity contribution >= 4 is 6.09 Å². The zero-order valence-corrected chi connectivity index (χ0v) is 7.83. The van der Waals surface area contributed by atoms with Crippen LogP contribution in [0.5, 0.6) is 0 Å². The minimum Gasteiger partial charge on any atom is -0.447 e. The van der Waals surface area contributed by atoms with Gasteiger partial charge in [0.2, 0.25) is 0 Å². The van der Waals surface area contributed by atoms with Crippen molar-refractivity contribution in [3.8, 4) is 0 Å². The van der Waals surface area contributed by atoms with E-state index in [4.69, 9.17) is 10.5 Å². The van der Waals surface area contributed by atoms with Crippen molar-refractivity contribution < 1.29 is 9.53 Å². The van der Waals surface area contributed by atoms with Crippen molar-refractivity contribution in [2.24, 2.45) is 5.73 Å². The van der Waals surface area contributed by atoms with E-state index in [1.165, 1.54) is 0 Å². The number of hydrogen-bond donors (Lipinski definition) is 1. The molecule has 70 valence electrons. The third-order valence-electron chi connectivity index (χ3n) is 1.96. The largest absolute Gasteiger partial charge is 0.447 e. The zero-order chi connectivity index (χ0) is 9.35. The van der Waals surface area contributed by atoms with Gasteiger partial charge < -0.3 is 10.5 Å². The number of nitrogens with zero attached hydrogens (tertiary/aromatic N) is 1. The van der Waals surface area contributed by atoms with E-state index in [1.807, 2.05) is 20.8 Å². The average Bonchev–Trinajstić information content (AvgIpc) is 2.29. The standard InChI is InChI=1S/C8H16N2O2/c1-8(2,3)10-6(4-9)5-12-7(10)11/h6H,4-5,9H2,1-3H3. The quantitative estimate of drug-likeness (QED) is 0.629. The Bertz CT molecular complexity index is 186. The maximum Gasteiger partial charge on any atom is 0.410 e. The van der Waals surface area contributed by atoms with Gasteiger partial charge in [-0.15, -0.1) is 0 Å². The average molecular weight is 172 g/mol. The highest BCUT2D eigenvalue weighted by molar-refractivity contribution is 5.71. The highest BCUT2D eigenvalue weighted by Crippen LogP contribution is 2.22. The fourth-order valence-electron chi connectivity index (χ4n) is 1.46. The van der Waals surface area contributed by atoms with Gasteiger partial charge in [-0.05, 0) is 20.8 Å². The number of ether oxygens (including phenoxy) is 1. The highest BCUT2D eigenvalue weighted by atomic mass is 16.6. The first-order valence-corrected chi connectivity index (χ1v) is 4.13. The Hall–Kier alpha value is -0.770. The summed E-state index contributed by atoms with van der Waals surface area (Å²) in [6, 6.07) is 0.0394. The topological polar surface area (TPSA) is 55.6 Å². The van der Waals surface area contributed by atoms with Crippen LogP contribution in [0.1, 0.15) is 20.8 Å². The molecule has 1 atom stereocenters. The molecule has 0 aromatic heterocycles. The van der Waals surface area contributed by atoms with Crippen molar-refractivity contribution in [3.05, 3.63) is 0 Å². The van der Waals surface area contributed by atoms with Crippen molar-refractivity contribution in [3.63, 3.8) is 0 Å². The third kappa shape index (κ3) is 1.53. The van der Waals surface area contributed by atoms with Gasteiger partial charge in [0.15, 0.2) is 0 Å². The van der Waals surface area contributed by atoms with E-state index in [0.29, 0.717) is 13.2 Å². The number of carbonyl (C=O) groups excluding carboxylic acids is 1. The third-order valence-corrected chi connectivity index (χ3v) is 1.96. The number of hydrogen-bond acceptors (Lipinski definition) is 3. The number of nitrogens with two attached hydrogens (primary N) is 1. The highest BCUT2D eigenvalue weighted by Gasteiger charge is 2.39. The maximum atomic E-state index is 11.2. The summed E-state index contributed by atoms with van der Waals surface area (Å²) in [5.41, 5.74) is 5.31. The first-order valence-electron chi connectivity index (χ1n) is 4.13. The monoisotopic (exact) mass is 172 g/mol. The minimum atomic E-state index is -0.252. The van der Waals surface area contributed by atoms with E-state index in [-0.39, 0.29) is 17.7 Å². The molecule has 0 saturated carbocycles. The molecular weight excluding hydrogens is 156 g/mol. The van der Waals surface area contributed by atoms with Crippen molar-refractivity contribution in [2.45, 2.75) is 32.4 Å². The Morgan fingerprint density at radius 2 is 2.25 bits per heavy atom. The molecular formula is C8H16N2O2. The van der Waals surface area contributed by atoms with Gasteiger partial charge in [-0.1, -0.05) is 0 Å². The second-order valence-electron chi connectivity index (χ2n) is 4.01. The molecule has 1 saturated heterocycles. The van der Waals surface area contributed by atoms with Gasteiger partial charge in [-0.25, -0.2) is 4.79 Å². The number of carbonyl (C=O) groups is 1. The maximum absolute atomic E-state index is 11.2. The first-order chi connectivity index (χ1) is 5.46. The van der Waals surface area contributed by atoms with Crippen LogP contribution in [0.3, 0.4) is 0 Å². The summed E-state index contributed by atoms with van der Waals surface area (Å²) >= 11 is 0. The summed E-state index contributed by atoms with van der Waals surface area (Å²) in [7, 11) is 0. The van der Waals surface area contributed by atoms with Crippen LogP contribution < -0.4 is 5.73 Å². The van der Waals surface area contributed by atoms with Crippen molar-refractivity contribution in [2.75, 3.05) is 13.2 Å². The molecule has 12 heavy (non-hydrogen) atoms. The summed E-state index contributed by atoms with van der Waals surface area (Å²) in [6.45, 7) is 6.81. The molecule has 1 rings (SSSR count). The molecule has 0 aromatic rings. The molecule has 0 spiro atoms. The Kier molecular flexibility index (Phi) is 2.28. The zero-order valence-electron chi connectivity index (χ0n) is 7.83. The van der Waals surface area contributed by atoms with E-state index in [2.05, 4.69) is 0 Å². The molecule has 1 fully saturated rings. The molecule has 0 bridgehead atoms.